The molecule has 1 heterocycles. The van der Waals surface area contributed by atoms with E-state index in [1.165, 1.54) is 12.8 Å². The second-order valence-electron chi connectivity index (χ2n) is 6.42. The first kappa shape index (κ1) is 16.2. The molecule has 21 heavy (non-hydrogen) atoms. The van der Waals surface area contributed by atoms with E-state index in [1.807, 2.05) is 6.07 Å². The highest BCUT2D eigenvalue weighted by Gasteiger charge is 2.36. The van der Waals surface area contributed by atoms with E-state index < -0.39 is 0 Å². The van der Waals surface area contributed by atoms with Crippen molar-refractivity contribution in [3.8, 4) is 0 Å². The van der Waals surface area contributed by atoms with Crippen molar-refractivity contribution in [1.82, 2.24) is 9.97 Å². The number of hydrogen-bond donors (Lipinski definition) is 2. The molecule has 0 atom stereocenters. The zero-order valence-corrected chi connectivity index (χ0v) is 13.5. The summed E-state index contributed by atoms with van der Waals surface area (Å²) in [6, 6.07) is 1.93. The lowest BCUT2D eigenvalue weighted by Crippen LogP contribution is -2.31. The Kier molecular flexibility index (Phi) is 5.53. The Bertz CT molecular complexity index is 454. The van der Waals surface area contributed by atoms with E-state index in [1.54, 1.807) is 7.11 Å². The van der Waals surface area contributed by atoms with Gasteiger partial charge in [0.1, 0.15) is 11.4 Å². The summed E-state index contributed by atoms with van der Waals surface area (Å²) in [5.74, 6) is 7.60. The minimum Gasteiger partial charge on any atom is -0.370 e. The molecule has 1 aliphatic carbocycles. The Labute approximate surface area is 127 Å². The molecule has 118 valence electrons. The molecule has 0 bridgehead atoms. The molecule has 2 rings (SSSR count). The van der Waals surface area contributed by atoms with E-state index in [0.29, 0.717) is 11.7 Å². The highest BCUT2D eigenvalue weighted by atomic mass is 16.5. The molecule has 5 heteroatoms. The average molecular weight is 292 g/mol. The third-order valence-electron chi connectivity index (χ3n) is 4.25. The van der Waals surface area contributed by atoms with Crippen LogP contribution < -0.4 is 11.3 Å². The Balaban J connectivity index is 2.38. The number of nitrogen functional groups attached to an aromatic ring is 1. The molecule has 0 spiro atoms. The molecule has 0 aromatic carbocycles. The molecule has 1 aromatic rings. The van der Waals surface area contributed by atoms with Gasteiger partial charge in [-0.2, -0.15) is 0 Å². The van der Waals surface area contributed by atoms with Crippen molar-refractivity contribution in [2.45, 2.75) is 64.4 Å². The average Bonchev–Trinajstić information content (AvgIpc) is 2.72. The van der Waals surface area contributed by atoms with Crippen molar-refractivity contribution in [2.24, 2.45) is 11.8 Å². The Morgan fingerprint density at radius 1 is 1.24 bits per heavy atom. The molecule has 1 saturated carbocycles. The maximum atomic E-state index is 5.91. The number of ether oxygens (including phenoxy) is 1. The lowest BCUT2D eigenvalue weighted by molar-refractivity contribution is -0.0352. The van der Waals surface area contributed by atoms with E-state index in [2.05, 4.69) is 24.3 Å². The maximum absolute atomic E-state index is 5.91. The van der Waals surface area contributed by atoms with Crippen LogP contribution in [0.25, 0.3) is 0 Å². The molecule has 0 aliphatic heterocycles. The van der Waals surface area contributed by atoms with Crippen LogP contribution in [0, 0.1) is 5.92 Å². The number of hydrazine groups is 1. The fraction of sp³-hybridized carbons (Fsp3) is 0.750. The lowest BCUT2D eigenvalue weighted by Gasteiger charge is -2.30. The highest BCUT2D eigenvalue weighted by Crippen LogP contribution is 2.37. The predicted octanol–water partition coefficient (Wildman–Crippen LogP) is 3.16. The van der Waals surface area contributed by atoms with Crippen LogP contribution in [0.2, 0.25) is 0 Å². The number of nitrogens with one attached hydrogen (secondary N) is 1. The number of nitrogens with two attached hydrogens (primary N) is 1. The van der Waals surface area contributed by atoms with E-state index in [0.717, 1.165) is 43.6 Å². The Morgan fingerprint density at radius 3 is 2.43 bits per heavy atom. The van der Waals surface area contributed by atoms with Crippen molar-refractivity contribution >= 4 is 5.82 Å². The van der Waals surface area contributed by atoms with Crippen molar-refractivity contribution in [2.75, 3.05) is 12.5 Å². The monoisotopic (exact) mass is 292 g/mol. The normalized spacial score (nSPS) is 18.5. The van der Waals surface area contributed by atoms with Gasteiger partial charge in [-0.1, -0.05) is 39.5 Å². The van der Waals surface area contributed by atoms with Gasteiger partial charge in [-0.3, -0.25) is 0 Å². The fourth-order valence-corrected chi connectivity index (χ4v) is 3.12. The molecule has 1 aliphatic rings. The van der Waals surface area contributed by atoms with Crippen molar-refractivity contribution in [3.63, 3.8) is 0 Å². The second-order valence-corrected chi connectivity index (χ2v) is 6.42. The minimum absolute atomic E-state index is 0.352. The molecular weight excluding hydrogens is 264 g/mol. The maximum Gasteiger partial charge on any atom is 0.162 e. The first-order chi connectivity index (χ1) is 10.1. The summed E-state index contributed by atoms with van der Waals surface area (Å²) < 4.78 is 5.91. The fourth-order valence-electron chi connectivity index (χ4n) is 3.12. The van der Waals surface area contributed by atoms with Gasteiger partial charge >= 0.3 is 0 Å². The van der Waals surface area contributed by atoms with E-state index in [-0.39, 0.29) is 5.60 Å². The van der Waals surface area contributed by atoms with Crippen molar-refractivity contribution < 1.29 is 4.74 Å². The SMILES string of the molecule is COC1(c2nc(CC(C)C)cc(NN)n2)CCCCCC1. The zero-order valence-electron chi connectivity index (χ0n) is 13.5. The van der Waals surface area contributed by atoms with Crippen LogP contribution in [0.4, 0.5) is 5.82 Å². The standard InChI is InChI=1S/C16H28N4O/c1-12(2)10-13-11-14(20-17)19-15(18-13)16(21-3)8-6-4-5-7-9-16/h11-12H,4-10,17H2,1-3H3,(H,18,19,20). The van der Waals surface area contributed by atoms with Gasteiger partial charge in [-0.05, 0) is 25.2 Å². The molecule has 0 unspecified atom stereocenters. The van der Waals surface area contributed by atoms with Gasteiger partial charge in [0.15, 0.2) is 5.82 Å². The lowest BCUT2D eigenvalue weighted by atomic mass is 9.92. The van der Waals surface area contributed by atoms with Gasteiger partial charge in [0.05, 0.1) is 0 Å². The number of aromatic nitrogens is 2. The zero-order chi connectivity index (χ0) is 15.3. The molecular formula is C16H28N4O. The molecule has 0 radical (unpaired) electrons. The van der Waals surface area contributed by atoms with E-state index in [4.69, 9.17) is 15.6 Å². The smallest absolute Gasteiger partial charge is 0.162 e. The molecule has 1 aromatic heterocycles. The highest BCUT2D eigenvalue weighted by molar-refractivity contribution is 5.35. The Hall–Kier alpha value is -1.20. The van der Waals surface area contributed by atoms with Gasteiger partial charge in [-0.15, -0.1) is 0 Å². The predicted molar refractivity (Wildman–Crippen MR) is 84.8 cm³/mol. The largest absolute Gasteiger partial charge is 0.370 e. The number of hydrogen-bond acceptors (Lipinski definition) is 5. The summed E-state index contributed by atoms with van der Waals surface area (Å²) in [4.78, 5) is 9.39. The van der Waals surface area contributed by atoms with Crippen LogP contribution in [0.5, 0.6) is 0 Å². The van der Waals surface area contributed by atoms with E-state index in [9.17, 15) is 0 Å². The van der Waals surface area contributed by atoms with Crippen LogP contribution >= 0.6 is 0 Å². The van der Waals surface area contributed by atoms with Crippen LogP contribution in [0.1, 0.15) is 63.9 Å². The van der Waals surface area contributed by atoms with Crippen LogP contribution in [-0.2, 0) is 16.8 Å². The van der Waals surface area contributed by atoms with Gasteiger partial charge in [0, 0.05) is 18.9 Å². The summed E-state index contributed by atoms with van der Waals surface area (Å²) in [6.07, 6.45) is 7.74. The summed E-state index contributed by atoms with van der Waals surface area (Å²) >= 11 is 0. The number of anilines is 1. The van der Waals surface area contributed by atoms with Crippen LogP contribution in [-0.4, -0.2) is 17.1 Å². The summed E-state index contributed by atoms with van der Waals surface area (Å²) in [5.41, 5.74) is 3.35. The van der Waals surface area contributed by atoms with Crippen molar-refractivity contribution in [1.29, 1.82) is 0 Å². The summed E-state index contributed by atoms with van der Waals surface area (Å²) in [6.45, 7) is 4.38. The van der Waals surface area contributed by atoms with Gasteiger partial charge in [-0.25, -0.2) is 15.8 Å². The third-order valence-corrected chi connectivity index (χ3v) is 4.25. The first-order valence-corrected chi connectivity index (χ1v) is 8.00. The van der Waals surface area contributed by atoms with Gasteiger partial charge in [0.25, 0.3) is 0 Å². The Morgan fingerprint density at radius 2 is 1.90 bits per heavy atom. The first-order valence-electron chi connectivity index (χ1n) is 8.00. The quantitative estimate of drug-likeness (QED) is 0.495. The molecule has 0 saturated heterocycles. The minimum atomic E-state index is -0.352. The molecule has 5 nitrogen and oxygen atoms in total. The van der Waals surface area contributed by atoms with Crippen molar-refractivity contribution in [3.05, 3.63) is 17.6 Å². The third kappa shape index (κ3) is 3.92. The van der Waals surface area contributed by atoms with Crippen LogP contribution in [0.3, 0.4) is 0 Å². The molecule has 3 N–H and O–H groups in total. The molecule has 1 fully saturated rings. The van der Waals surface area contributed by atoms with Gasteiger partial charge in [0.2, 0.25) is 0 Å². The van der Waals surface area contributed by atoms with E-state index >= 15 is 0 Å². The number of nitrogens with zero attached hydrogens (tertiary/aromatic N) is 2. The topological polar surface area (TPSA) is 73.1 Å². The summed E-state index contributed by atoms with van der Waals surface area (Å²) in [5, 5.41) is 0. The molecule has 0 amide bonds. The second kappa shape index (κ2) is 7.18. The number of methoxy groups -OCH3 is 1. The van der Waals surface area contributed by atoms with Gasteiger partial charge < -0.3 is 10.2 Å². The van der Waals surface area contributed by atoms with Crippen LogP contribution in [0.15, 0.2) is 6.07 Å². The summed E-state index contributed by atoms with van der Waals surface area (Å²) in [7, 11) is 1.78. The number of rotatable bonds is 5.